The number of nitrogens with one attached hydrogen (secondary N) is 1. The molecule has 4 nitrogen and oxygen atoms in total. The number of anilines is 1. The molecule has 0 saturated carbocycles. The van der Waals surface area contributed by atoms with Crippen molar-refractivity contribution < 1.29 is 13.2 Å². The van der Waals surface area contributed by atoms with Crippen molar-refractivity contribution in [1.29, 1.82) is 0 Å². The molecule has 0 radical (unpaired) electrons. The van der Waals surface area contributed by atoms with Crippen molar-refractivity contribution in [2.24, 2.45) is 0 Å². The Balaban J connectivity index is 1.77. The molecular weight excluding hydrogens is 286 g/mol. The van der Waals surface area contributed by atoms with Gasteiger partial charge in [-0.05, 0) is 30.7 Å². The van der Waals surface area contributed by atoms with Crippen molar-refractivity contribution in [2.45, 2.75) is 12.5 Å². The number of hydrogen-bond acceptors (Lipinski definition) is 4. The van der Waals surface area contributed by atoms with Crippen LogP contribution in [-0.4, -0.2) is 26.0 Å². The second-order valence-corrected chi connectivity index (χ2v) is 7.38. The Morgan fingerprint density at radius 1 is 1.00 bits per heavy atom. The van der Waals surface area contributed by atoms with Crippen molar-refractivity contribution in [1.82, 2.24) is 0 Å². The van der Waals surface area contributed by atoms with Crippen LogP contribution >= 0.6 is 0 Å². The largest absolute Gasteiger partial charge is 0.455 e. The second-order valence-electron chi connectivity index (χ2n) is 5.16. The Kier molecular flexibility index (Phi) is 3.84. The lowest BCUT2D eigenvalue weighted by molar-refractivity contribution is 0.483. The zero-order chi connectivity index (χ0) is 14.7. The van der Waals surface area contributed by atoms with Crippen LogP contribution in [-0.2, 0) is 9.84 Å². The van der Waals surface area contributed by atoms with Gasteiger partial charge in [0.1, 0.15) is 5.75 Å². The molecule has 2 aromatic carbocycles. The molecule has 1 aliphatic heterocycles. The van der Waals surface area contributed by atoms with Crippen LogP contribution < -0.4 is 10.1 Å². The molecule has 1 saturated heterocycles. The average molecular weight is 303 g/mol. The third-order valence-corrected chi connectivity index (χ3v) is 5.22. The van der Waals surface area contributed by atoms with Gasteiger partial charge in [-0.3, -0.25) is 0 Å². The third-order valence-electron chi connectivity index (χ3n) is 3.45. The van der Waals surface area contributed by atoms with Crippen LogP contribution in [0.1, 0.15) is 6.42 Å². The lowest BCUT2D eigenvalue weighted by Crippen LogP contribution is -2.20. The summed E-state index contributed by atoms with van der Waals surface area (Å²) in [4.78, 5) is 0. The summed E-state index contributed by atoms with van der Waals surface area (Å²) in [6, 6.07) is 17.1. The van der Waals surface area contributed by atoms with Crippen molar-refractivity contribution in [3.8, 4) is 11.5 Å². The first-order valence-corrected chi connectivity index (χ1v) is 8.73. The normalized spacial score (nSPS) is 20.1. The molecule has 0 amide bonds. The summed E-state index contributed by atoms with van der Waals surface area (Å²) in [7, 11) is -2.89. The van der Waals surface area contributed by atoms with E-state index < -0.39 is 9.84 Å². The van der Waals surface area contributed by atoms with E-state index in [1.165, 1.54) is 0 Å². The molecule has 3 rings (SSSR count). The van der Waals surface area contributed by atoms with E-state index in [9.17, 15) is 8.42 Å². The predicted molar refractivity (Wildman–Crippen MR) is 83.6 cm³/mol. The molecule has 1 atom stereocenters. The molecule has 0 aromatic heterocycles. The predicted octanol–water partition coefficient (Wildman–Crippen LogP) is 3.08. The van der Waals surface area contributed by atoms with E-state index in [2.05, 4.69) is 5.32 Å². The van der Waals surface area contributed by atoms with Crippen LogP contribution in [0.15, 0.2) is 54.6 Å². The second kappa shape index (κ2) is 5.77. The fourth-order valence-corrected chi connectivity index (χ4v) is 4.09. The standard InChI is InChI=1S/C16H17NO3S/c18-21(19)11-10-13(12-21)17-15-8-4-5-9-16(15)20-14-6-2-1-3-7-14/h1-9,13,17H,10-12H2. The Bertz CT molecular complexity index is 713. The molecule has 2 aromatic rings. The van der Waals surface area contributed by atoms with E-state index in [4.69, 9.17) is 4.74 Å². The highest BCUT2D eigenvalue weighted by Crippen LogP contribution is 2.30. The highest BCUT2D eigenvalue weighted by molar-refractivity contribution is 7.91. The molecule has 5 heteroatoms. The van der Waals surface area contributed by atoms with Gasteiger partial charge in [-0.2, -0.15) is 0 Å². The summed E-state index contributed by atoms with van der Waals surface area (Å²) in [6.45, 7) is 0. The first-order valence-electron chi connectivity index (χ1n) is 6.91. The van der Waals surface area contributed by atoms with Gasteiger partial charge in [-0.25, -0.2) is 8.42 Å². The van der Waals surface area contributed by atoms with Gasteiger partial charge >= 0.3 is 0 Å². The molecule has 21 heavy (non-hydrogen) atoms. The van der Waals surface area contributed by atoms with E-state index in [1.54, 1.807) is 0 Å². The summed E-state index contributed by atoms with van der Waals surface area (Å²) in [5.41, 5.74) is 0.823. The van der Waals surface area contributed by atoms with Crippen LogP contribution in [0.4, 0.5) is 5.69 Å². The number of ether oxygens (including phenoxy) is 1. The van der Waals surface area contributed by atoms with Gasteiger partial charge in [0.2, 0.25) is 0 Å². The zero-order valence-electron chi connectivity index (χ0n) is 11.5. The molecule has 0 bridgehead atoms. The highest BCUT2D eigenvalue weighted by atomic mass is 32.2. The number of hydrogen-bond donors (Lipinski definition) is 1. The number of para-hydroxylation sites is 3. The Morgan fingerprint density at radius 2 is 1.71 bits per heavy atom. The molecule has 1 heterocycles. The lowest BCUT2D eigenvalue weighted by Gasteiger charge is -2.16. The molecule has 110 valence electrons. The first kappa shape index (κ1) is 13.9. The zero-order valence-corrected chi connectivity index (χ0v) is 12.3. The SMILES string of the molecule is O=S1(=O)CCC(Nc2ccccc2Oc2ccccc2)C1. The van der Waals surface area contributed by atoms with Crippen molar-refractivity contribution >= 4 is 15.5 Å². The monoisotopic (exact) mass is 303 g/mol. The molecule has 0 aliphatic carbocycles. The minimum atomic E-state index is -2.89. The van der Waals surface area contributed by atoms with Crippen LogP contribution in [0.2, 0.25) is 0 Å². The molecular formula is C16H17NO3S. The Hall–Kier alpha value is -2.01. The maximum absolute atomic E-state index is 11.5. The smallest absolute Gasteiger partial charge is 0.152 e. The van der Waals surface area contributed by atoms with Crippen LogP contribution in [0.3, 0.4) is 0 Å². The number of rotatable bonds is 4. The van der Waals surface area contributed by atoms with Crippen molar-refractivity contribution in [3.05, 3.63) is 54.6 Å². The summed E-state index contributed by atoms with van der Waals surface area (Å²) < 4.78 is 28.9. The maximum Gasteiger partial charge on any atom is 0.152 e. The van der Waals surface area contributed by atoms with Gasteiger partial charge in [-0.1, -0.05) is 30.3 Å². The Labute approximate surface area is 124 Å². The summed E-state index contributed by atoms with van der Waals surface area (Å²) in [6.07, 6.45) is 0.641. The minimum absolute atomic E-state index is 0.0458. The molecule has 1 N–H and O–H groups in total. The molecule has 1 aliphatic rings. The highest BCUT2D eigenvalue weighted by Gasteiger charge is 2.28. The fraction of sp³-hybridized carbons (Fsp3) is 0.250. The van der Waals surface area contributed by atoms with E-state index in [0.717, 1.165) is 11.4 Å². The van der Waals surface area contributed by atoms with Gasteiger partial charge in [0.25, 0.3) is 0 Å². The van der Waals surface area contributed by atoms with Gasteiger partial charge in [0.15, 0.2) is 15.6 Å². The van der Waals surface area contributed by atoms with Crippen molar-refractivity contribution in [3.63, 3.8) is 0 Å². The molecule has 1 unspecified atom stereocenters. The van der Waals surface area contributed by atoms with Crippen LogP contribution in [0, 0.1) is 0 Å². The third kappa shape index (κ3) is 3.55. The van der Waals surface area contributed by atoms with Crippen LogP contribution in [0.25, 0.3) is 0 Å². The molecule has 0 spiro atoms. The van der Waals surface area contributed by atoms with E-state index in [1.807, 2.05) is 54.6 Å². The van der Waals surface area contributed by atoms with Gasteiger partial charge in [-0.15, -0.1) is 0 Å². The Morgan fingerprint density at radius 3 is 2.43 bits per heavy atom. The minimum Gasteiger partial charge on any atom is -0.455 e. The molecule has 1 fully saturated rings. The first-order chi connectivity index (χ1) is 10.1. The quantitative estimate of drug-likeness (QED) is 0.943. The maximum atomic E-state index is 11.5. The van der Waals surface area contributed by atoms with E-state index in [0.29, 0.717) is 12.2 Å². The van der Waals surface area contributed by atoms with Gasteiger partial charge in [0.05, 0.1) is 17.2 Å². The van der Waals surface area contributed by atoms with E-state index >= 15 is 0 Å². The fourth-order valence-electron chi connectivity index (χ4n) is 2.42. The lowest BCUT2D eigenvalue weighted by atomic mass is 10.2. The summed E-state index contributed by atoms with van der Waals surface area (Å²) in [5, 5.41) is 3.28. The summed E-state index contributed by atoms with van der Waals surface area (Å²) in [5.74, 6) is 1.90. The van der Waals surface area contributed by atoms with Crippen molar-refractivity contribution in [2.75, 3.05) is 16.8 Å². The number of sulfone groups is 1. The van der Waals surface area contributed by atoms with Gasteiger partial charge in [0, 0.05) is 6.04 Å². The van der Waals surface area contributed by atoms with Gasteiger partial charge < -0.3 is 10.1 Å². The average Bonchev–Trinajstić information content (AvgIpc) is 2.81. The topological polar surface area (TPSA) is 55.4 Å². The number of benzene rings is 2. The van der Waals surface area contributed by atoms with Crippen LogP contribution in [0.5, 0.6) is 11.5 Å². The van der Waals surface area contributed by atoms with E-state index in [-0.39, 0.29) is 17.5 Å². The summed E-state index contributed by atoms with van der Waals surface area (Å²) >= 11 is 0.